The topological polar surface area (TPSA) is 23.5 Å². The number of piperidine rings is 2. The normalized spacial score (nSPS) is 45.8. The maximum atomic E-state index is 10.0. The zero-order valence-corrected chi connectivity index (χ0v) is 11.2. The number of nitrogens with zero attached hydrogens (tertiary/aromatic N) is 1. The summed E-state index contributed by atoms with van der Waals surface area (Å²) in [6, 6.07) is 1.92. The van der Waals surface area contributed by atoms with Crippen molar-refractivity contribution in [3.05, 3.63) is 0 Å². The van der Waals surface area contributed by atoms with Crippen molar-refractivity contribution < 1.29 is 5.11 Å². The first-order valence-electron chi connectivity index (χ1n) is 6.96. The lowest BCUT2D eigenvalue weighted by Gasteiger charge is -2.54. The summed E-state index contributed by atoms with van der Waals surface area (Å²) in [5.41, 5.74) is 0. The quantitative estimate of drug-likeness (QED) is 0.741. The summed E-state index contributed by atoms with van der Waals surface area (Å²) < 4.78 is 0. The Morgan fingerprint density at radius 3 is 2.44 bits per heavy atom. The van der Waals surface area contributed by atoms with Gasteiger partial charge in [-0.05, 0) is 44.4 Å². The second kappa shape index (κ2) is 4.66. The highest BCUT2D eigenvalue weighted by atomic mass is 16.3. The molecule has 0 aromatic heterocycles. The van der Waals surface area contributed by atoms with Crippen molar-refractivity contribution in [3.63, 3.8) is 0 Å². The summed E-state index contributed by atoms with van der Waals surface area (Å²) in [7, 11) is 0. The van der Waals surface area contributed by atoms with Crippen LogP contribution in [0.2, 0.25) is 0 Å². The highest BCUT2D eigenvalue weighted by molar-refractivity contribution is 4.97. The van der Waals surface area contributed by atoms with Crippen LogP contribution in [0.3, 0.4) is 0 Å². The minimum atomic E-state index is -0.0681. The fourth-order valence-electron chi connectivity index (χ4n) is 3.78. The van der Waals surface area contributed by atoms with Gasteiger partial charge in [0.25, 0.3) is 0 Å². The van der Waals surface area contributed by atoms with Gasteiger partial charge < -0.3 is 5.11 Å². The third kappa shape index (κ3) is 2.14. The summed E-state index contributed by atoms with van der Waals surface area (Å²) in [5.74, 6) is 1.41. The van der Waals surface area contributed by atoms with E-state index in [4.69, 9.17) is 0 Å². The summed E-state index contributed by atoms with van der Waals surface area (Å²) in [6.07, 6.45) is 4.57. The van der Waals surface area contributed by atoms with E-state index in [1.807, 2.05) is 0 Å². The van der Waals surface area contributed by atoms with E-state index in [1.54, 1.807) is 0 Å². The minimum absolute atomic E-state index is 0.0681. The lowest BCUT2D eigenvalue weighted by molar-refractivity contribution is -0.0763. The van der Waals surface area contributed by atoms with Gasteiger partial charge in [0.05, 0.1) is 6.10 Å². The zero-order valence-electron chi connectivity index (χ0n) is 11.2. The molecular formula is C14H27NO. The molecule has 0 amide bonds. The molecule has 0 spiro atoms. The van der Waals surface area contributed by atoms with Gasteiger partial charge in [0, 0.05) is 18.1 Å². The van der Waals surface area contributed by atoms with Crippen molar-refractivity contribution in [3.8, 4) is 0 Å². The van der Waals surface area contributed by atoms with Gasteiger partial charge in [-0.3, -0.25) is 4.90 Å². The molecular weight excluding hydrogens is 198 g/mol. The van der Waals surface area contributed by atoms with Crippen molar-refractivity contribution in [1.82, 2.24) is 4.90 Å². The van der Waals surface area contributed by atoms with Crippen molar-refractivity contribution in [2.24, 2.45) is 11.8 Å². The van der Waals surface area contributed by atoms with Crippen LogP contribution in [0.4, 0.5) is 0 Å². The second-order valence-electron chi connectivity index (χ2n) is 6.35. The molecule has 0 aliphatic carbocycles. The number of fused-ring (bicyclic) bond motifs is 1. The molecule has 0 saturated carbocycles. The number of rotatable bonds is 1. The average Bonchev–Trinajstić information content (AvgIpc) is 2.22. The molecule has 2 heteroatoms. The molecule has 0 aromatic carbocycles. The van der Waals surface area contributed by atoms with E-state index >= 15 is 0 Å². The maximum absolute atomic E-state index is 10.0. The Bertz CT molecular complexity index is 233. The fourth-order valence-corrected chi connectivity index (χ4v) is 3.78. The summed E-state index contributed by atoms with van der Waals surface area (Å²) in [6.45, 7) is 9.32. The van der Waals surface area contributed by atoms with E-state index in [1.165, 1.54) is 12.8 Å². The molecule has 16 heavy (non-hydrogen) atoms. The SMILES string of the molecule is CC(C)[C@H]1C[C@H](O)C[C@@H]2[C@H](C)CC[C@@H](C)N12. The molecule has 2 fully saturated rings. The van der Waals surface area contributed by atoms with Crippen molar-refractivity contribution in [1.29, 1.82) is 0 Å². The second-order valence-corrected chi connectivity index (χ2v) is 6.35. The van der Waals surface area contributed by atoms with Crippen LogP contribution >= 0.6 is 0 Å². The number of aliphatic hydroxyl groups excluding tert-OH is 1. The Morgan fingerprint density at radius 1 is 1.12 bits per heavy atom. The molecule has 2 aliphatic rings. The van der Waals surface area contributed by atoms with Gasteiger partial charge >= 0.3 is 0 Å². The third-order valence-electron chi connectivity index (χ3n) is 4.77. The first-order chi connectivity index (χ1) is 7.50. The Hall–Kier alpha value is -0.0800. The Balaban J connectivity index is 2.20. The third-order valence-corrected chi connectivity index (χ3v) is 4.77. The predicted molar refractivity (Wildman–Crippen MR) is 67.4 cm³/mol. The zero-order chi connectivity index (χ0) is 11.9. The lowest BCUT2D eigenvalue weighted by atomic mass is 9.76. The Kier molecular flexibility index (Phi) is 3.60. The van der Waals surface area contributed by atoms with E-state index in [-0.39, 0.29) is 6.10 Å². The Labute approximate surface area is 100 Å². The smallest absolute Gasteiger partial charge is 0.0570 e. The highest BCUT2D eigenvalue weighted by Gasteiger charge is 2.43. The van der Waals surface area contributed by atoms with Crippen molar-refractivity contribution in [2.75, 3.05) is 0 Å². The molecule has 5 atom stereocenters. The molecule has 2 heterocycles. The van der Waals surface area contributed by atoms with Crippen molar-refractivity contribution >= 4 is 0 Å². The largest absolute Gasteiger partial charge is 0.393 e. The summed E-state index contributed by atoms with van der Waals surface area (Å²) in [4.78, 5) is 2.73. The average molecular weight is 225 g/mol. The van der Waals surface area contributed by atoms with Gasteiger partial charge in [0.2, 0.25) is 0 Å². The van der Waals surface area contributed by atoms with Crippen LogP contribution in [0, 0.1) is 11.8 Å². The van der Waals surface area contributed by atoms with Crippen LogP contribution < -0.4 is 0 Å². The van der Waals surface area contributed by atoms with Crippen LogP contribution in [-0.4, -0.2) is 34.2 Å². The Morgan fingerprint density at radius 2 is 1.81 bits per heavy atom. The maximum Gasteiger partial charge on any atom is 0.0570 e. The summed E-state index contributed by atoms with van der Waals surface area (Å²) in [5, 5.41) is 10.0. The van der Waals surface area contributed by atoms with Gasteiger partial charge in [0.15, 0.2) is 0 Å². The molecule has 1 N–H and O–H groups in total. The molecule has 2 aliphatic heterocycles. The van der Waals surface area contributed by atoms with E-state index in [0.717, 1.165) is 18.8 Å². The van der Waals surface area contributed by atoms with Crippen LogP contribution in [0.1, 0.15) is 53.4 Å². The van der Waals surface area contributed by atoms with Crippen LogP contribution in [-0.2, 0) is 0 Å². The van der Waals surface area contributed by atoms with Gasteiger partial charge in [-0.1, -0.05) is 20.8 Å². The highest BCUT2D eigenvalue weighted by Crippen LogP contribution is 2.39. The molecule has 0 bridgehead atoms. The van der Waals surface area contributed by atoms with Gasteiger partial charge in [-0.2, -0.15) is 0 Å². The van der Waals surface area contributed by atoms with Gasteiger partial charge in [-0.15, -0.1) is 0 Å². The van der Waals surface area contributed by atoms with Crippen LogP contribution in [0.5, 0.6) is 0 Å². The minimum Gasteiger partial charge on any atom is -0.393 e. The molecule has 0 unspecified atom stereocenters. The van der Waals surface area contributed by atoms with Gasteiger partial charge in [0.1, 0.15) is 0 Å². The molecule has 2 rings (SSSR count). The van der Waals surface area contributed by atoms with Crippen LogP contribution in [0.15, 0.2) is 0 Å². The number of hydrogen-bond donors (Lipinski definition) is 1. The van der Waals surface area contributed by atoms with Crippen LogP contribution in [0.25, 0.3) is 0 Å². The number of aliphatic hydroxyl groups is 1. The van der Waals surface area contributed by atoms with Crippen molar-refractivity contribution in [2.45, 2.75) is 77.6 Å². The molecule has 0 aromatic rings. The summed E-state index contributed by atoms with van der Waals surface area (Å²) >= 11 is 0. The molecule has 2 nitrogen and oxygen atoms in total. The predicted octanol–water partition coefficient (Wildman–Crippen LogP) is 2.65. The fraction of sp³-hybridized carbons (Fsp3) is 1.00. The van der Waals surface area contributed by atoms with E-state index in [0.29, 0.717) is 24.0 Å². The lowest BCUT2D eigenvalue weighted by Crippen LogP contribution is -2.60. The molecule has 0 radical (unpaired) electrons. The van der Waals surface area contributed by atoms with Gasteiger partial charge in [-0.25, -0.2) is 0 Å². The van der Waals surface area contributed by atoms with E-state index < -0.39 is 0 Å². The molecule has 2 saturated heterocycles. The molecule has 94 valence electrons. The van der Waals surface area contributed by atoms with E-state index in [2.05, 4.69) is 32.6 Å². The number of hydrogen-bond acceptors (Lipinski definition) is 2. The van der Waals surface area contributed by atoms with E-state index in [9.17, 15) is 5.11 Å². The first kappa shape index (κ1) is 12.4. The standard InChI is InChI=1S/C14H27NO/c1-9(2)13-7-12(16)8-14-10(3)5-6-11(4)15(13)14/h9-14,16H,5-8H2,1-4H3/t10-,11-,12+,13-,14-/m1/s1. The first-order valence-corrected chi connectivity index (χ1v) is 6.96. The monoisotopic (exact) mass is 225 g/mol.